The summed E-state index contributed by atoms with van der Waals surface area (Å²) in [5.41, 5.74) is 7.48. The Morgan fingerprint density at radius 1 is 1.36 bits per heavy atom. The maximum absolute atomic E-state index is 6.04. The molecule has 2 atom stereocenters. The van der Waals surface area contributed by atoms with E-state index in [-0.39, 0.29) is 12.5 Å². The topological polar surface area (TPSA) is 90.9 Å². The molecular formula is C15H24N6O. The molecule has 0 aromatic carbocycles. The fourth-order valence-electron chi connectivity index (χ4n) is 2.84. The molecule has 1 aliphatic rings. The summed E-state index contributed by atoms with van der Waals surface area (Å²) in [4.78, 5) is 13.4. The molecular weight excluding hydrogens is 280 g/mol. The van der Waals surface area contributed by atoms with Crippen LogP contribution in [0.15, 0.2) is 6.33 Å². The molecule has 0 spiro atoms. The van der Waals surface area contributed by atoms with Crippen molar-refractivity contribution in [2.24, 2.45) is 0 Å². The standard InChI is InChI=1S/C15H24N6O/c1-3-5-6-10-19-14(16)13-15(20-10)21(9-18-13)12-8-7-11(22-12)17-4-2/h9,11-12,17H,3-8H2,1-2H3,(H2,16,19,20). The number of imidazole rings is 1. The van der Waals surface area contributed by atoms with Gasteiger partial charge < -0.3 is 10.5 Å². The number of nitrogens with one attached hydrogen (secondary N) is 1. The molecule has 2 aromatic rings. The Labute approximate surface area is 130 Å². The summed E-state index contributed by atoms with van der Waals surface area (Å²) in [6.07, 6.45) is 6.76. The van der Waals surface area contributed by atoms with E-state index in [1.165, 1.54) is 0 Å². The minimum atomic E-state index is -0.0395. The lowest BCUT2D eigenvalue weighted by atomic mass is 10.2. The Morgan fingerprint density at radius 3 is 3.00 bits per heavy atom. The molecule has 0 saturated carbocycles. The van der Waals surface area contributed by atoms with Crippen molar-refractivity contribution < 1.29 is 4.74 Å². The van der Waals surface area contributed by atoms with Gasteiger partial charge in [0, 0.05) is 6.42 Å². The van der Waals surface area contributed by atoms with Gasteiger partial charge in [-0.2, -0.15) is 0 Å². The molecule has 2 unspecified atom stereocenters. The number of hydrogen-bond acceptors (Lipinski definition) is 6. The zero-order chi connectivity index (χ0) is 15.5. The van der Waals surface area contributed by atoms with Crippen LogP contribution in [0.3, 0.4) is 0 Å². The van der Waals surface area contributed by atoms with Gasteiger partial charge in [0.2, 0.25) is 0 Å². The van der Waals surface area contributed by atoms with Crippen molar-refractivity contribution in [3.63, 3.8) is 0 Å². The smallest absolute Gasteiger partial charge is 0.167 e. The fraction of sp³-hybridized carbons (Fsp3) is 0.667. The second-order valence-electron chi connectivity index (χ2n) is 5.67. The van der Waals surface area contributed by atoms with Crippen LogP contribution in [0, 0.1) is 0 Å². The summed E-state index contributed by atoms with van der Waals surface area (Å²) in [5, 5.41) is 3.32. The summed E-state index contributed by atoms with van der Waals surface area (Å²) in [5.74, 6) is 1.24. The zero-order valence-corrected chi connectivity index (χ0v) is 13.2. The van der Waals surface area contributed by atoms with E-state index in [0.717, 1.165) is 50.1 Å². The van der Waals surface area contributed by atoms with E-state index in [4.69, 9.17) is 10.5 Å². The lowest BCUT2D eigenvalue weighted by molar-refractivity contribution is -0.0107. The van der Waals surface area contributed by atoms with Crippen LogP contribution < -0.4 is 11.1 Å². The van der Waals surface area contributed by atoms with Gasteiger partial charge in [0.25, 0.3) is 0 Å². The number of hydrogen-bond donors (Lipinski definition) is 2. The van der Waals surface area contributed by atoms with Crippen molar-refractivity contribution in [1.29, 1.82) is 0 Å². The predicted octanol–water partition coefficient (Wildman–Crippen LogP) is 2.00. The number of nitrogens with zero attached hydrogens (tertiary/aromatic N) is 4. The summed E-state index contributed by atoms with van der Waals surface area (Å²) >= 11 is 0. The van der Waals surface area contributed by atoms with E-state index >= 15 is 0 Å². The van der Waals surface area contributed by atoms with Gasteiger partial charge in [-0.25, -0.2) is 15.0 Å². The van der Waals surface area contributed by atoms with E-state index in [2.05, 4.69) is 34.1 Å². The predicted molar refractivity (Wildman–Crippen MR) is 85.2 cm³/mol. The molecule has 0 radical (unpaired) electrons. The Bertz CT molecular complexity index is 640. The largest absolute Gasteiger partial charge is 0.382 e. The number of aromatic nitrogens is 4. The quantitative estimate of drug-likeness (QED) is 0.848. The van der Waals surface area contributed by atoms with Crippen molar-refractivity contribution >= 4 is 17.0 Å². The van der Waals surface area contributed by atoms with Crippen molar-refractivity contribution in [3.05, 3.63) is 12.2 Å². The molecule has 7 heteroatoms. The van der Waals surface area contributed by atoms with Crippen LogP contribution in [-0.2, 0) is 11.2 Å². The first-order chi connectivity index (χ1) is 10.7. The zero-order valence-electron chi connectivity index (χ0n) is 13.2. The van der Waals surface area contributed by atoms with Gasteiger partial charge >= 0.3 is 0 Å². The molecule has 1 fully saturated rings. The molecule has 22 heavy (non-hydrogen) atoms. The normalized spacial score (nSPS) is 21.7. The Balaban J connectivity index is 1.88. The van der Waals surface area contributed by atoms with Crippen LogP contribution in [0.4, 0.5) is 5.82 Å². The van der Waals surface area contributed by atoms with E-state index in [9.17, 15) is 0 Å². The number of rotatable bonds is 6. The van der Waals surface area contributed by atoms with Crippen molar-refractivity contribution in [2.45, 2.75) is 58.4 Å². The van der Waals surface area contributed by atoms with Crippen LogP contribution in [0.1, 0.15) is 51.6 Å². The molecule has 7 nitrogen and oxygen atoms in total. The summed E-state index contributed by atoms with van der Waals surface area (Å²) in [6, 6.07) is 0. The van der Waals surface area contributed by atoms with Gasteiger partial charge in [0.15, 0.2) is 11.5 Å². The summed E-state index contributed by atoms with van der Waals surface area (Å²) in [6.45, 7) is 5.13. The second kappa shape index (κ2) is 6.58. The lowest BCUT2D eigenvalue weighted by Crippen LogP contribution is -2.28. The molecule has 3 rings (SSSR count). The highest BCUT2D eigenvalue weighted by atomic mass is 16.5. The summed E-state index contributed by atoms with van der Waals surface area (Å²) < 4.78 is 8.01. The highest BCUT2D eigenvalue weighted by Gasteiger charge is 2.27. The molecule has 0 amide bonds. The van der Waals surface area contributed by atoms with Gasteiger partial charge in [0.05, 0.1) is 6.33 Å². The SMILES string of the molecule is CCCCc1nc(N)c2ncn(C3CCC(NCC)O3)c2n1. The highest BCUT2D eigenvalue weighted by molar-refractivity contribution is 5.81. The summed E-state index contributed by atoms with van der Waals surface area (Å²) in [7, 11) is 0. The minimum absolute atomic E-state index is 0.0395. The third-order valence-corrected chi connectivity index (χ3v) is 3.99. The Kier molecular flexibility index (Phi) is 4.54. The minimum Gasteiger partial charge on any atom is -0.382 e. The van der Waals surface area contributed by atoms with Crippen LogP contribution in [0.2, 0.25) is 0 Å². The molecule has 1 aliphatic heterocycles. The maximum atomic E-state index is 6.04. The van der Waals surface area contributed by atoms with Crippen LogP contribution >= 0.6 is 0 Å². The van der Waals surface area contributed by atoms with Gasteiger partial charge in [0.1, 0.15) is 23.8 Å². The average Bonchev–Trinajstić information content (AvgIpc) is 3.12. The van der Waals surface area contributed by atoms with Gasteiger partial charge in [-0.1, -0.05) is 20.3 Å². The first-order valence-electron chi connectivity index (χ1n) is 8.10. The van der Waals surface area contributed by atoms with Crippen molar-refractivity contribution in [3.8, 4) is 0 Å². The van der Waals surface area contributed by atoms with E-state index < -0.39 is 0 Å². The van der Waals surface area contributed by atoms with Crippen molar-refractivity contribution in [2.75, 3.05) is 12.3 Å². The molecule has 2 aromatic heterocycles. The number of aryl methyl sites for hydroxylation is 1. The monoisotopic (exact) mass is 304 g/mol. The van der Waals surface area contributed by atoms with E-state index in [1.807, 2.05) is 4.57 Å². The third-order valence-electron chi connectivity index (χ3n) is 3.99. The fourth-order valence-corrected chi connectivity index (χ4v) is 2.84. The second-order valence-corrected chi connectivity index (χ2v) is 5.67. The molecule has 0 aliphatic carbocycles. The highest BCUT2D eigenvalue weighted by Crippen LogP contribution is 2.30. The van der Waals surface area contributed by atoms with Gasteiger partial charge in [-0.05, 0) is 25.8 Å². The number of unbranched alkanes of at least 4 members (excludes halogenated alkanes) is 1. The Morgan fingerprint density at radius 2 is 2.23 bits per heavy atom. The van der Waals surface area contributed by atoms with E-state index in [0.29, 0.717) is 11.3 Å². The lowest BCUT2D eigenvalue weighted by Gasteiger charge is -2.15. The van der Waals surface area contributed by atoms with Crippen LogP contribution in [0.5, 0.6) is 0 Å². The number of nitrogen functional groups attached to an aromatic ring is 1. The van der Waals surface area contributed by atoms with Crippen LogP contribution in [0.25, 0.3) is 11.2 Å². The number of nitrogens with two attached hydrogens (primary N) is 1. The van der Waals surface area contributed by atoms with Gasteiger partial charge in [-0.15, -0.1) is 0 Å². The molecule has 120 valence electrons. The average molecular weight is 304 g/mol. The number of fused-ring (bicyclic) bond motifs is 1. The molecule has 0 bridgehead atoms. The van der Waals surface area contributed by atoms with Crippen LogP contribution in [-0.4, -0.2) is 32.3 Å². The van der Waals surface area contributed by atoms with Crippen molar-refractivity contribution in [1.82, 2.24) is 24.8 Å². The van der Waals surface area contributed by atoms with E-state index in [1.54, 1.807) is 6.33 Å². The maximum Gasteiger partial charge on any atom is 0.167 e. The molecule has 1 saturated heterocycles. The van der Waals surface area contributed by atoms with Gasteiger partial charge in [-0.3, -0.25) is 9.88 Å². The third kappa shape index (κ3) is 2.91. The molecule has 3 N–H and O–H groups in total. The number of ether oxygens (including phenoxy) is 1. The number of anilines is 1. The molecule has 3 heterocycles. The first kappa shape index (κ1) is 15.2. The first-order valence-corrected chi connectivity index (χ1v) is 8.10. The Hall–Kier alpha value is -1.73.